The first-order valence-electron chi connectivity index (χ1n) is 3.95. The third kappa shape index (κ3) is 1.84. The van der Waals surface area contributed by atoms with E-state index in [0.29, 0.717) is 0 Å². The number of rotatable bonds is 3. The van der Waals surface area contributed by atoms with Crippen molar-refractivity contribution in [2.45, 2.75) is 5.60 Å². The molecule has 0 atom stereocenters. The van der Waals surface area contributed by atoms with Crippen LogP contribution in [0.4, 0.5) is 0 Å². The summed E-state index contributed by atoms with van der Waals surface area (Å²) < 4.78 is 0. The van der Waals surface area contributed by atoms with Gasteiger partial charge in [-0.05, 0) is 6.07 Å². The topological polar surface area (TPSA) is 94.8 Å². The molecular weight excluding hydrogens is 259 g/mol. The van der Waals surface area contributed by atoms with E-state index in [4.69, 9.17) is 33.4 Å². The van der Waals surface area contributed by atoms with Crippen LogP contribution >= 0.6 is 23.2 Å². The van der Waals surface area contributed by atoms with Crippen LogP contribution in [0.5, 0.6) is 0 Å². The number of aliphatic carboxylic acids is 2. The summed E-state index contributed by atoms with van der Waals surface area (Å²) >= 11 is 11.2. The number of aliphatic hydroxyl groups is 1. The van der Waals surface area contributed by atoms with Gasteiger partial charge in [-0.15, -0.1) is 0 Å². The molecule has 0 unspecified atom stereocenters. The highest BCUT2D eigenvalue weighted by atomic mass is 35.5. The molecule has 7 heteroatoms. The Bertz CT molecular complexity index is 443. The molecule has 0 fully saturated rings. The summed E-state index contributed by atoms with van der Waals surface area (Å²) in [6.07, 6.45) is 0. The van der Waals surface area contributed by atoms with Crippen molar-refractivity contribution in [1.82, 2.24) is 0 Å². The largest absolute Gasteiger partial charge is 0.478 e. The van der Waals surface area contributed by atoms with Crippen LogP contribution in [0, 0.1) is 0 Å². The minimum absolute atomic E-state index is 0.0416. The average molecular weight is 265 g/mol. The number of hydrogen-bond acceptors (Lipinski definition) is 3. The van der Waals surface area contributed by atoms with E-state index in [1.165, 1.54) is 12.1 Å². The maximum atomic E-state index is 10.8. The van der Waals surface area contributed by atoms with Crippen molar-refractivity contribution in [1.29, 1.82) is 0 Å². The summed E-state index contributed by atoms with van der Waals surface area (Å²) in [6.45, 7) is 0. The lowest BCUT2D eigenvalue weighted by molar-refractivity contribution is -0.177. The fraction of sp³-hybridized carbons (Fsp3) is 0.111. The van der Waals surface area contributed by atoms with E-state index < -0.39 is 23.1 Å². The zero-order chi connectivity index (χ0) is 12.5. The maximum absolute atomic E-state index is 10.8. The number of carboxylic acid groups (broad SMARTS) is 2. The van der Waals surface area contributed by atoms with Gasteiger partial charge in [0, 0.05) is 5.56 Å². The second-order valence-corrected chi connectivity index (χ2v) is 3.71. The highest BCUT2D eigenvalue weighted by Crippen LogP contribution is 2.33. The summed E-state index contributed by atoms with van der Waals surface area (Å²) in [4.78, 5) is 21.6. The summed E-state index contributed by atoms with van der Waals surface area (Å²) in [5, 5.41) is 26.7. The quantitative estimate of drug-likeness (QED) is 0.717. The van der Waals surface area contributed by atoms with Crippen molar-refractivity contribution in [2.75, 3.05) is 0 Å². The lowest BCUT2D eigenvalue weighted by Crippen LogP contribution is -2.43. The Kier molecular flexibility index (Phi) is 3.42. The molecule has 1 aromatic carbocycles. The van der Waals surface area contributed by atoms with Gasteiger partial charge in [0.05, 0.1) is 10.0 Å². The minimum atomic E-state index is -3.11. The van der Waals surface area contributed by atoms with E-state index in [1.807, 2.05) is 0 Å². The van der Waals surface area contributed by atoms with Crippen molar-refractivity contribution >= 4 is 35.1 Å². The highest BCUT2D eigenvalue weighted by Gasteiger charge is 2.48. The SMILES string of the molecule is O=C(O)C(O)(C(=O)O)c1cccc(Cl)c1Cl. The maximum Gasteiger partial charge on any atom is 0.352 e. The Labute approximate surface area is 99.8 Å². The van der Waals surface area contributed by atoms with Gasteiger partial charge in [0.15, 0.2) is 0 Å². The molecule has 0 saturated heterocycles. The van der Waals surface area contributed by atoms with E-state index in [1.54, 1.807) is 0 Å². The van der Waals surface area contributed by atoms with Gasteiger partial charge in [-0.1, -0.05) is 35.3 Å². The van der Waals surface area contributed by atoms with Crippen molar-refractivity contribution in [3.63, 3.8) is 0 Å². The predicted molar refractivity (Wildman–Crippen MR) is 55.6 cm³/mol. The van der Waals surface area contributed by atoms with Crippen LogP contribution in [0.1, 0.15) is 5.56 Å². The molecule has 0 aliphatic carbocycles. The molecule has 0 aliphatic heterocycles. The zero-order valence-corrected chi connectivity index (χ0v) is 9.16. The molecule has 16 heavy (non-hydrogen) atoms. The van der Waals surface area contributed by atoms with Crippen LogP contribution < -0.4 is 0 Å². The molecule has 1 rings (SSSR count). The van der Waals surface area contributed by atoms with Crippen molar-refractivity contribution in [3.05, 3.63) is 33.8 Å². The second kappa shape index (κ2) is 4.29. The van der Waals surface area contributed by atoms with E-state index in [2.05, 4.69) is 0 Å². The van der Waals surface area contributed by atoms with Gasteiger partial charge in [0.25, 0.3) is 5.60 Å². The Morgan fingerprint density at radius 1 is 1.12 bits per heavy atom. The highest BCUT2D eigenvalue weighted by molar-refractivity contribution is 6.42. The van der Waals surface area contributed by atoms with E-state index in [9.17, 15) is 14.7 Å². The molecule has 0 radical (unpaired) electrons. The van der Waals surface area contributed by atoms with Gasteiger partial charge in [-0.25, -0.2) is 9.59 Å². The summed E-state index contributed by atoms with van der Waals surface area (Å²) in [5.41, 5.74) is -3.59. The summed E-state index contributed by atoms with van der Waals surface area (Å²) in [7, 11) is 0. The Balaban J connectivity index is 3.51. The van der Waals surface area contributed by atoms with E-state index in [0.717, 1.165) is 6.07 Å². The molecule has 3 N–H and O–H groups in total. The Morgan fingerprint density at radius 2 is 1.62 bits per heavy atom. The number of carboxylic acids is 2. The van der Waals surface area contributed by atoms with Crippen molar-refractivity contribution in [3.8, 4) is 0 Å². The van der Waals surface area contributed by atoms with Crippen LogP contribution in [0.15, 0.2) is 18.2 Å². The van der Waals surface area contributed by atoms with Gasteiger partial charge in [0.1, 0.15) is 0 Å². The second-order valence-electron chi connectivity index (χ2n) is 2.92. The minimum Gasteiger partial charge on any atom is -0.478 e. The normalized spacial score (nSPS) is 11.2. The first-order chi connectivity index (χ1) is 7.31. The molecule has 0 heterocycles. The summed E-state index contributed by atoms with van der Waals surface area (Å²) in [6, 6.07) is 3.72. The fourth-order valence-corrected chi connectivity index (χ4v) is 1.54. The first kappa shape index (κ1) is 12.8. The van der Waals surface area contributed by atoms with Crippen LogP contribution in [-0.4, -0.2) is 27.3 Å². The van der Waals surface area contributed by atoms with Gasteiger partial charge < -0.3 is 15.3 Å². The molecular formula is C9H6Cl2O5. The van der Waals surface area contributed by atoms with Gasteiger partial charge in [-0.3, -0.25) is 0 Å². The van der Waals surface area contributed by atoms with E-state index >= 15 is 0 Å². The molecule has 0 amide bonds. The first-order valence-corrected chi connectivity index (χ1v) is 4.71. The van der Waals surface area contributed by atoms with Gasteiger partial charge in [0.2, 0.25) is 0 Å². The third-order valence-electron chi connectivity index (χ3n) is 1.96. The molecule has 0 aromatic heterocycles. The zero-order valence-electron chi connectivity index (χ0n) is 7.65. The molecule has 0 aliphatic rings. The monoisotopic (exact) mass is 264 g/mol. The van der Waals surface area contributed by atoms with Gasteiger partial charge in [-0.2, -0.15) is 0 Å². The molecule has 5 nitrogen and oxygen atoms in total. The molecule has 0 saturated carbocycles. The number of benzene rings is 1. The third-order valence-corrected chi connectivity index (χ3v) is 2.78. The standard InChI is InChI=1S/C9H6Cl2O5/c10-5-3-1-2-4(6(5)11)9(16,7(12)13)8(14)15/h1-3,16H,(H,12,13)(H,14,15). The van der Waals surface area contributed by atoms with Crippen LogP contribution in [-0.2, 0) is 15.2 Å². The molecule has 0 bridgehead atoms. The van der Waals surface area contributed by atoms with Crippen LogP contribution in [0.25, 0.3) is 0 Å². The lowest BCUT2D eigenvalue weighted by Gasteiger charge is -2.20. The smallest absolute Gasteiger partial charge is 0.352 e. The van der Waals surface area contributed by atoms with E-state index in [-0.39, 0.29) is 10.0 Å². The fourth-order valence-electron chi connectivity index (χ4n) is 1.11. The number of hydrogen-bond donors (Lipinski definition) is 3. The average Bonchev–Trinajstić information content (AvgIpc) is 2.20. The summed E-state index contributed by atoms with van der Waals surface area (Å²) in [5.74, 6) is -3.88. The molecule has 86 valence electrons. The molecule has 0 spiro atoms. The van der Waals surface area contributed by atoms with Crippen LogP contribution in [0.2, 0.25) is 10.0 Å². The lowest BCUT2D eigenvalue weighted by atomic mass is 9.94. The molecule has 1 aromatic rings. The van der Waals surface area contributed by atoms with Crippen molar-refractivity contribution < 1.29 is 24.9 Å². The van der Waals surface area contributed by atoms with Gasteiger partial charge >= 0.3 is 11.9 Å². The van der Waals surface area contributed by atoms with Crippen LogP contribution in [0.3, 0.4) is 0 Å². The number of carbonyl (C=O) groups is 2. The number of halogens is 2. The Hall–Kier alpha value is -1.30. The van der Waals surface area contributed by atoms with Crippen molar-refractivity contribution in [2.24, 2.45) is 0 Å². The predicted octanol–water partition coefficient (Wildman–Crippen LogP) is 1.35. The Morgan fingerprint density at radius 3 is 2.06 bits per heavy atom.